The Morgan fingerprint density at radius 3 is 2.52 bits per heavy atom. The molecule has 7 aromatic rings. The molecule has 0 unspecified atom stereocenters. The van der Waals surface area contributed by atoms with E-state index in [1.54, 1.807) is 12.1 Å². The van der Waals surface area contributed by atoms with E-state index in [9.17, 15) is 0 Å². The molecule has 46 heavy (non-hydrogen) atoms. The van der Waals surface area contributed by atoms with Gasteiger partial charge in [-0.1, -0.05) is 73.3 Å². The van der Waals surface area contributed by atoms with Crippen LogP contribution in [0.3, 0.4) is 0 Å². The van der Waals surface area contributed by atoms with E-state index in [1.807, 2.05) is 77.0 Å². The van der Waals surface area contributed by atoms with Crippen LogP contribution >= 0.6 is 0 Å². The maximum Gasteiger partial charge on any atom is 2.00 e. The second-order valence-corrected chi connectivity index (χ2v) is 11.5. The second-order valence-electron chi connectivity index (χ2n) is 11.5. The molecule has 0 bridgehead atoms. The Morgan fingerprint density at radius 2 is 1.70 bits per heavy atom. The Bertz CT molecular complexity index is 2260. The molecule has 0 fully saturated rings. The smallest absolute Gasteiger partial charge is 0.509 e. The maximum absolute atomic E-state index is 8.02. The van der Waals surface area contributed by atoms with Crippen molar-refractivity contribution in [1.82, 2.24) is 19.3 Å². The van der Waals surface area contributed by atoms with Gasteiger partial charge in [0.1, 0.15) is 5.82 Å². The van der Waals surface area contributed by atoms with Gasteiger partial charge in [0.2, 0.25) is 0 Å². The summed E-state index contributed by atoms with van der Waals surface area (Å²) in [6.45, 7) is 4.07. The Morgan fingerprint density at radius 1 is 0.848 bits per heavy atom. The van der Waals surface area contributed by atoms with E-state index >= 15 is 0 Å². The van der Waals surface area contributed by atoms with Crippen LogP contribution in [0.25, 0.3) is 44.4 Å². The fourth-order valence-corrected chi connectivity index (χ4v) is 6.18. The number of hydrogen-bond acceptors (Lipinski definition) is 3. The number of hydrogen-bond donors (Lipinski definition) is 0. The van der Waals surface area contributed by atoms with Gasteiger partial charge in [0.25, 0.3) is 0 Å². The summed E-state index contributed by atoms with van der Waals surface area (Å²) in [6, 6.07) is 36.2. The van der Waals surface area contributed by atoms with Crippen molar-refractivity contribution in [2.24, 2.45) is 0 Å². The number of nitrogens with zero attached hydrogens (tertiary/aromatic N) is 4. The summed E-state index contributed by atoms with van der Waals surface area (Å²) >= 11 is 0. The molecule has 0 saturated heterocycles. The molecule has 0 N–H and O–H groups in total. The zero-order valence-electron chi connectivity index (χ0n) is 29.1. The molecule has 3 aromatic heterocycles. The summed E-state index contributed by atoms with van der Waals surface area (Å²) in [4.78, 5) is 4.75. The molecular formula is C40H36N4OPt. The number of aromatic nitrogens is 4. The monoisotopic (exact) mass is 786 g/mol. The molecular weight excluding hydrogens is 748 g/mol. The van der Waals surface area contributed by atoms with E-state index in [2.05, 4.69) is 50.2 Å². The molecule has 0 aliphatic carbocycles. The van der Waals surface area contributed by atoms with Gasteiger partial charge < -0.3 is 9.30 Å². The van der Waals surface area contributed by atoms with Crippen molar-refractivity contribution < 1.29 is 29.9 Å². The van der Waals surface area contributed by atoms with Gasteiger partial charge in [0.15, 0.2) is 0 Å². The van der Waals surface area contributed by atoms with Crippen molar-refractivity contribution in [3.63, 3.8) is 0 Å². The molecule has 3 heterocycles. The summed E-state index contributed by atoms with van der Waals surface area (Å²) in [6.07, 6.45) is 6.25. The molecule has 0 spiro atoms. The molecule has 0 radical (unpaired) electrons. The quantitative estimate of drug-likeness (QED) is 0.108. The van der Waals surface area contributed by atoms with Crippen molar-refractivity contribution in [2.45, 2.75) is 53.3 Å². The fraction of sp³-hybridized carbons (Fsp3) is 0.200. The number of unbranched alkanes of at least 4 members (excludes halogenated alkanes) is 2. The molecule has 5 nitrogen and oxygen atoms in total. The fourth-order valence-electron chi connectivity index (χ4n) is 6.18. The van der Waals surface area contributed by atoms with Crippen molar-refractivity contribution >= 4 is 21.8 Å². The zero-order valence-corrected chi connectivity index (χ0v) is 28.4. The first-order chi connectivity index (χ1) is 23.2. The molecule has 0 aliphatic heterocycles. The first-order valence-corrected chi connectivity index (χ1v) is 15.5. The molecule has 0 saturated carbocycles. The SMILES string of the molecule is [2H]C([2H])([2H])c1ccc2c(c1)c1ccc(Oc3[c-]c(-n4nc(C)c(-c5ccccc5)c4C)ccc3)[c-]c1n2-c1cc(CCCCC)ccn1.[Pt+2]. The van der Waals surface area contributed by atoms with E-state index in [-0.39, 0.29) is 21.1 Å². The van der Waals surface area contributed by atoms with Gasteiger partial charge in [-0.15, -0.1) is 35.7 Å². The average Bonchev–Trinajstić information content (AvgIpc) is 3.57. The summed E-state index contributed by atoms with van der Waals surface area (Å²) in [5.74, 6) is 1.79. The zero-order chi connectivity index (χ0) is 33.4. The molecule has 7 rings (SSSR count). The molecule has 6 heteroatoms. The first-order valence-electron chi connectivity index (χ1n) is 17.0. The predicted molar refractivity (Wildman–Crippen MR) is 183 cm³/mol. The standard InChI is InChI=1S/C40H36N4O.Pt/c1-5-6-8-12-30-21-22-41-39(24-30)43-37-20-17-27(2)23-36(37)35-19-18-34(26-38(35)43)45-33-16-11-15-32(25-33)44-29(4)40(28(3)42-44)31-13-9-7-10-14-31;/h7,9-11,13-24H,5-6,8,12H2,1-4H3;/q-2;+2/i2D3;. The van der Waals surface area contributed by atoms with E-state index in [0.29, 0.717) is 17.1 Å². The molecule has 0 aliphatic rings. The van der Waals surface area contributed by atoms with Crippen molar-refractivity contribution in [2.75, 3.05) is 0 Å². The third-order valence-electron chi connectivity index (χ3n) is 8.31. The van der Waals surface area contributed by atoms with E-state index in [0.717, 1.165) is 75.1 Å². The third-order valence-corrected chi connectivity index (χ3v) is 8.31. The summed E-state index contributed by atoms with van der Waals surface area (Å²) in [7, 11) is 0. The van der Waals surface area contributed by atoms with Crippen LogP contribution < -0.4 is 4.74 Å². The van der Waals surface area contributed by atoms with E-state index < -0.39 is 6.85 Å². The van der Waals surface area contributed by atoms with Crippen LogP contribution in [0.5, 0.6) is 11.5 Å². The van der Waals surface area contributed by atoms with Crippen LogP contribution in [-0.4, -0.2) is 19.3 Å². The number of fused-ring (bicyclic) bond motifs is 3. The predicted octanol–water partition coefficient (Wildman–Crippen LogP) is 10.1. The van der Waals surface area contributed by atoms with Gasteiger partial charge in [-0.3, -0.25) is 4.68 Å². The summed E-state index contributed by atoms with van der Waals surface area (Å²) < 4.78 is 34.4. The maximum atomic E-state index is 8.02. The topological polar surface area (TPSA) is 44.9 Å². The van der Waals surface area contributed by atoms with Gasteiger partial charge in [0, 0.05) is 38.6 Å². The Balaban J connectivity index is 0.00000417. The van der Waals surface area contributed by atoms with Crippen molar-refractivity contribution in [3.8, 4) is 34.1 Å². The number of ether oxygens (including phenoxy) is 1. The largest absolute Gasteiger partial charge is 2.00 e. The minimum absolute atomic E-state index is 0. The van der Waals surface area contributed by atoms with Gasteiger partial charge in [-0.25, -0.2) is 4.98 Å². The number of benzene rings is 4. The van der Waals surface area contributed by atoms with Crippen LogP contribution in [0.1, 0.15) is 52.8 Å². The van der Waals surface area contributed by atoms with Crippen LogP contribution in [-0.2, 0) is 27.5 Å². The van der Waals surface area contributed by atoms with E-state index in [4.69, 9.17) is 18.9 Å². The number of rotatable bonds is 9. The Labute approximate surface area is 289 Å². The van der Waals surface area contributed by atoms with Gasteiger partial charge >= 0.3 is 21.1 Å². The molecule has 232 valence electrons. The minimum atomic E-state index is -2.22. The number of pyridine rings is 1. The second kappa shape index (κ2) is 13.5. The minimum Gasteiger partial charge on any atom is -0.509 e. The average molecular weight is 787 g/mol. The Kier molecular flexibility index (Phi) is 8.15. The van der Waals surface area contributed by atoms with Gasteiger partial charge in [-0.2, -0.15) is 17.2 Å². The van der Waals surface area contributed by atoms with Crippen molar-refractivity contribution in [1.29, 1.82) is 0 Å². The van der Waals surface area contributed by atoms with Gasteiger partial charge in [-0.05, 0) is 73.9 Å². The van der Waals surface area contributed by atoms with Gasteiger partial charge in [0.05, 0.1) is 5.69 Å². The van der Waals surface area contributed by atoms with Crippen LogP contribution in [0.15, 0.2) is 97.2 Å². The van der Waals surface area contributed by atoms with Crippen LogP contribution in [0.4, 0.5) is 0 Å². The summed E-state index contributed by atoms with van der Waals surface area (Å²) in [5, 5.41) is 6.54. The summed E-state index contributed by atoms with van der Waals surface area (Å²) in [5.41, 5.74) is 8.07. The number of aryl methyl sites for hydroxylation is 3. The van der Waals surface area contributed by atoms with Crippen molar-refractivity contribution in [3.05, 3.63) is 132 Å². The normalized spacial score (nSPS) is 12.5. The Hall–Kier alpha value is -4.47. The van der Waals surface area contributed by atoms with E-state index in [1.165, 1.54) is 12.0 Å². The molecule has 0 amide bonds. The van der Waals surface area contributed by atoms with Crippen LogP contribution in [0.2, 0.25) is 0 Å². The van der Waals surface area contributed by atoms with Crippen LogP contribution in [0, 0.1) is 32.8 Å². The first kappa shape index (κ1) is 27.8. The molecule has 0 atom stereocenters. The molecule has 4 aromatic carbocycles. The third kappa shape index (κ3) is 6.04.